The van der Waals surface area contributed by atoms with Crippen LogP contribution in [0.15, 0.2) is 0 Å². The third kappa shape index (κ3) is 1.55. The van der Waals surface area contributed by atoms with Crippen LogP contribution in [0, 0.1) is 29.6 Å². The molecule has 0 bridgehead atoms. The Morgan fingerprint density at radius 1 is 0.684 bits per heavy atom. The van der Waals surface area contributed by atoms with Crippen LogP contribution >= 0.6 is 0 Å². The summed E-state index contributed by atoms with van der Waals surface area (Å²) in [6.45, 7) is 0. The van der Waals surface area contributed by atoms with Gasteiger partial charge in [0, 0.05) is 18.0 Å². The second-order valence-corrected chi connectivity index (χ2v) is 7.84. The molecule has 3 heteroatoms. The van der Waals surface area contributed by atoms with Gasteiger partial charge in [-0.15, -0.1) is 0 Å². The van der Waals surface area contributed by atoms with E-state index in [0.29, 0.717) is 6.17 Å². The summed E-state index contributed by atoms with van der Waals surface area (Å²) in [5, 5.41) is 3.87. The fourth-order valence-corrected chi connectivity index (χ4v) is 6.43. The molecule has 2 heterocycles. The molecule has 2 saturated heterocycles. The van der Waals surface area contributed by atoms with Gasteiger partial charge in [-0.3, -0.25) is 10.7 Å². The van der Waals surface area contributed by atoms with Crippen LogP contribution in [0.5, 0.6) is 0 Å². The first-order chi connectivity index (χ1) is 9.42. The molecule has 106 valence electrons. The van der Waals surface area contributed by atoms with Gasteiger partial charge in [0.25, 0.3) is 0 Å². The molecule has 0 aromatic carbocycles. The smallest absolute Gasteiger partial charge is 0.0765 e. The Morgan fingerprint density at radius 2 is 1.53 bits per heavy atom. The first-order valence-electron chi connectivity index (χ1n) is 8.69. The molecule has 0 aromatic rings. The number of hydrogen-bond donors (Lipinski definition) is 3. The molecule has 0 spiro atoms. The third-order valence-corrected chi connectivity index (χ3v) is 7.24. The van der Waals surface area contributed by atoms with Gasteiger partial charge in [0.15, 0.2) is 0 Å². The van der Waals surface area contributed by atoms with Crippen LogP contribution in [0.2, 0.25) is 0 Å². The zero-order valence-electron chi connectivity index (χ0n) is 11.8. The summed E-state index contributed by atoms with van der Waals surface area (Å²) >= 11 is 0. The number of hydrazine groups is 1. The first kappa shape index (κ1) is 11.5. The Balaban J connectivity index is 1.47. The summed E-state index contributed by atoms with van der Waals surface area (Å²) in [4.78, 5) is 0. The maximum Gasteiger partial charge on any atom is 0.0765 e. The van der Waals surface area contributed by atoms with Gasteiger partial charge < -0.3 is 0 Å². The monoisotopic (exact) mass is 261 g/mol. The number of rotatable bonds is 0. The van der Waals surface area contributed by atoms with Crippen LogP contribution in [0.1, 0.15) is 51.4 Å². The second kappa shape index (κ2) is 4.19. The second-order valence-electron chi connectivity index (χ2n) is 7.84. The Hall–Kier alpha value is -0.120. The van der Waals surface area contributed by atoms with Crippen LogP contribution in [-0.4, -0.2) is 18.2 Å². The van der Waals surface area contributed by atoms with Crippen LogP contribution in [0.25, 0.3) is 0 Å². The normalized spacial score (nSPS) is 59.4. The van der Waals surface area contributed by atoms with Crippen LogP contribution in [-0.2, 0) is 0 Å². The van der Waals surface area contributed by atoms with Gasteiger partial charge >= 0.3 is 0 Å². The molecule has 19 heavy (non-hydrogen) atoms. The van der Waals surface area contributed by atoms with E-state index in [4.69, 9.17) is 0 Å². The van der Waals surface area contributed by atoms with Crippen molar-refractivity contribution in [3.63, 3.8) is 0 Å². The molecule has 2 aliphatic heterocycles. The van der Waals surface area contributed by atoms with Crippen molar-refractivity contribution in [1.29, 1.82) is 0 Å². The molecule has 0 amide bonds. The lowest BCUT2D eigenvalue weighted by atomic mass is 9.57. The van der Waals surface area contributed by atoms with Gasteiger partial charge in [0.1, 0.15) is 0 Å². The van der Waals surface area contributed by atoms with E-state index < -0.39 is 0 Å². The number of fused-ring (bicyclic) bond motifs is 4. The molecular weight excluding hydrogens is 234 g/mol. The average molecular weight is 261 g/mol. The van der Waals surface area contributed by atoms with Crippen molar-refractivity contribution in [2.75, 3.05) is 0 Å². The highest BCUT2D eigenvalue weighted by atomic mass is 15.5. The molecule has 5 aliphatic rings. The molecule has 3 aliphatic carbocycles. The maximum atomic E-state index is 3.87. The van der Waals surface area contributed by atoms with Crippen molar-refractivity contribution in [3.05, 3.63) is 0 Å². The average Bonchev–Trinajstić information content (AvgIpc) is 2.68. The van der Waals surface area contributed by atoms with E-state index >= 15 is 0 Å². The van der Waals surface area contributed by atoms with E-state index in [-0.39, 0.29) is 0 Å². The largest absolute Gasteiger partial charge is 0.297 e. The van der Waals surface area contributed by atoms with Gasteiger partial charge in [-0.25, -0.2) is 5.43 Å². The highest BCUT2D eigenvalue weighted by Crippen LogP contribution is 2.54. The summed E-state index contributed by atoms with van der Waals surface area (Å²) in [6, 6.07) is 1.58. The van der Waals surface area contributed by atoms with Crippen molar-refractivity contribution in [3.8, 4) is 0 Å². The van der Waals surface area contributed by atoms with E-state index in [2.05, 4.69) is 16.2 Å². The maximum absolute atomic E-state index is 3.87. The molecule has 5 rings (SSSR count). The predicted molar refractivity (Wildman–Crippen MR) is 75.2 cm³/mol. The minimum Gasteiger partial charge on any atom is -0.297 e. The van der Waals surface area contributed by atoms with Crippen molar-refractivity contribution in [1.82, 2.24) is 16.2 Å². The van der Waals surface area contributed by atoms with E-state index in [1.165, 1.54) is 44.9 Å². The fraction of sp³-hybridized carbons (Fsp3) is 1.00. The number of hydrogen-bond acceptors (Lipinski definition) is 3. The SMILES string of the molecule is C1CCC2C(C1)CCC1CCC3NNC4NC(C34)C12. The molecule has 5 fully saturated rings. The van der Waals surface area contributed by atoms with Crippen LogP contribution < -0.4 is 16.2 Å². The standard InChI is InChI=1S/C16H27N3/c1-2-4-11-9(3-1)5-6-10-7-8-12-14-15(13(10)11)17-16(14)19-18-12/h9-19H,1-8H2. The van der Waals surface area contributed by atoms with Gasteiger partial charge in [0.2, 0.25) is 0 Å². The van der Waals surface area contributed by atoms with Gasteiger partial charge in [-0.2, -0.15) is 0 Å². The van der Waals surface area contributed by atoms with Crippen molar-refractivity contribution in [2.24, 2.45) is 29.6 Å². The van der Waals surface area contributed by atoms with E-state index in [0.717, 1.165) is 41.7 Å². The minimum absolute atomic E-state index is 0.581. The number of nitrogens with one attached hydrogen (secondary N) is 3. The fourth-order valence-electron chi connectivity index (χ4n) is 6.43. The lowest BCUT2D eigenvalue weighted by Gasteiger charge is -2.54. The highest BCUT2D eigenvalue weighted by Gasteiger charge is 2.58. The van der Waals surface area contributed by atoms with E-state index in [1.54, 1.807) is 6.42 Å². The first-order valence-corrected chi connectivity index (χ1v) is 8.69. The zero-order chi connectivity index (χ0) is 12.4. The van der Waals surface area contributed by atoms with Crippen molar-refractivity contribution < 1.29 is 0 Å². The van der Waals surface area contributed by atoms with Gasteiger partial charge in [0.05, 0.1) is 6.17 Å². The molecule has 0 radical (unpaired) electrons. The van der Waals surface area contributed by atoms with Crippen LogP contribution in [0.4, 0.5) is 0 Å². The van der Waals surface area contributed by atoms with Crippen LogP contribution in [0.3, 0.4) is 0 Å². The van der Waals surface area contributed by atoms with E-state index in [9.17, 15) is 0 Å². The molecule has 3 nitrogen and oxygen atoms in total. The Bertz CT molecular complexity index is 371. The molecule has 8 atom stereocenters. The molecule has 0 aromatic heterocycles. The van der Waals surface area contributed by atoms with Gasteiger partial charge in [-0.1, -0.05) is 19.3 Å². The summed E-state index contributed by atoms with van der Waals surface area (Å²) in [6.07, 6.45) is 12.6. The van der Waals surface area contributed by atoms with Crippen molar-refractivity contribution >= 4 is 0 Å². The topological polar surface area (TPSA) is 36.1 Å². The molecule has 8 unspecified atom stereocenters. The summed E-state index contributed by atoms with van der Waals surface area (Å²) in [7, 11) is 0. The summed E-state index contributed by atoms with van der Waals surface area (Å²) in [5.41, 5.74) is 7.02. The van der Waals surface area contributed by atoms with E-state index in [1.807, 2.05) is 0 Å². The predicted octanol–water partition coefficient (Wildman–Crippen LogP) is 2.00. The lowest BCUT2D eigenvalue weighted by Crippen LogP contribution is -2.69. The Morgan fingerprint density at radius 3 is 2.53 bits per heavy atom. The quantitative estimate of drug-likeness (QED) is 0.624. The molecule has 3 N–H and O–H groups in total. The Labute approximate surface area is 116 Å². The summed E-state index contributed by atoms with van der Waals surface area (Å²) in [5.74, 6) is 5.06. The lowest BCUT2D eigenvalue weighted by molar-refractivity contribution is -0.0189. The van der Waals surface area contributed by atoms with Gasteiger partial charge in [-0.05, 0) is 55.8 Å². The van der Waals surface area contributed by atoms with Crippen molar-refractivity contribution in [2.45, 2.75) is 69.6 Å². The zero-order valence-corrected chi connectivity index (χ0v) is 11.8. The Kier molecular flexibility index (Phi) is 2.54. The summed E-state index contributed by atoms with van der Waals surface area (Å²) < 4.78 is 0. The highest BCUT2D eigenvalue weighted by molar-refractivity contribution is 5.12. The molecule has 3 saturated carbocycles. The minimum atomic E-state index is 0.581. The molecular formula is C16H27N3. The third-order valence-electron chi connectivity index (χ3n) is 7.24.